The average molecular weight is 423 g/mol. The minimum Gasteiger partial charge on any atom is -0.381 e. The standard InChI is InChI=1S/C21H19ClN6O2/c1-12-19(25-16-5-3-2-4-15(16)23-12)17-11-28-20(26-17)14(10-18(22)27-28)21(29)24-13-6-8-30-9-7-13/h2-5,10-11,13H,6-9H2,1H3,(H,24,29). The van der Waals surface area contributed by atoms with Crippen LogP contribution in [0.3, 0.4) is 0 Å². The van der Waals surface area contributed by atoms with E-state index >= 15 is 0 Å². The highest BCUT2D eigenvalue weighted by molar-refractivity contribution is 6.29. The molecule has 1 aliphatic rings. The van der Waals surface area contributed by atoms with Crippen LogP contribution in [0.25, 0.3) is 28.1 Å². The molecule has 0 bridgehead atoms. The molecular formula is C21H19ClN6O2. The summed E-state index contributed by atoms with van der Waals surface area (Å²) >= 11 is 6.19. The molecule has 0 spiro atoms. The molecule has 4 heterocycles. The van der Waals surface area contributed by atoms with Gasteiger partial charge in [0.15, 0.2) is 10.8 Å². The number of carbonyl (C=O) groups excluding carboxylic acids is 1. The third-order valence-corrected chi connectivity index (χ3v) is 5.37. The van der Waals surface area contributed by atoms with Gasteiger partial charge in [-0.1, -0.05) is 23.7 Å². The molecule has 1 N–H and O–H groups in total. The summed E-state index contributed by atoms with van der Waals surface area (Å²) in [4.78, 5) is 26.9. The molecule has 5 rings (SSSR count). The number of carbonyl (C=O) groups is 1. The van der Waals surface area contributed by atoms with Crippen LogP contribution in [0.5, 0.6) is 0 Å². The lowest BCUT2D eigenvalue weighted by Gasteiger charge is -2.23. The number of amides is 1. The lowest BCUT2D eigenvalue weighted by molar-refractivity contribution is 0.0697. The molecule has 1 amide bonds. The van der Waals surface area contributed by atoms with Crippen LogP contribution in [0, 0.1) is 6.92 Å². The van der Waals surface area contributed by atoms with Crippen molar-refractivity contribution in [2.24, 2.45) is 0 Å². The minimum atomic E-state index is -0.227. The third-order valence-electron chi connectivity index (χ3n) is 5.18. The Morgan fingerprint density at radius 1 is 1.17 bits per heavy atom. The van der Waals surface area contributed by atoms with E-state index in [1.54, 1.807) is 12.3 Å². The largest absolute Gasteiger partial charge is 0.381 e. The van der Waals surface area contributed by atoms with E-state index in [4.69, 9.17) is 21.3 Å². The first kappa shape index (κ1) is 18.9. The second-order valence-electron chi connectivity index (χ2n) is 7.28. The number of hydrogen-bond acceptors (Lipinski definition) is 6. The van der Waals surface area contributed by atoms with Gasteiger partial charge in [-0.05, 0) is 38.0 Å². The van der Waals surface area contributed by atoms with E-state index in [-0.39, 0.29) is 17.1 Å². The van der Waals surface area contributed by atoms with E-state index in [9.17, 15) is 4.79 Å². The summed E-state index contributed by atoms with van der Waals surface area (Å²) in [6.45, 7) is 3.17. The number of para-hydroxylation sites is 2. The van der Waals surface area contributed by atoms with Crippen LogP contribution in [0.15, 0.2) is 36.5 Å². The lowest BCUT2D eigenvalue weighted by atomic mass is 10.1. The molecule has 3 aromatic heterocycles. The fourth-order valence-corrected chi connectivity index (χ4v) is 3.85. The lowest BCUT2D eigenvalue weighted by Crippen LogP contribution is -2.39. The van der Waals surface area contributed by atoms with Crippen molar-refractivity contribution in [1.29, 1.82) is 0 Å². The number of aryl methyl sites for hydroxylation is 1. The van der Waals surface area contributed by atoms with Crippen molar-refractivity contribution in [2.75, 3.05) is 13.2 Å². The summed E-state index contributed by atoms with van der Waals surface area (Å²) in [5.74, 6) is -0.227. The Morgan fingerprint density at radius 3 is 2.67 bits per heavy atom. The maximum atomic E-state index is 12.9. The zero-order chi connectivity index (χ0) is 20.7. The van der Waals surface area contributed by atoms with Gasteiger partial charge < -0.3 is 10.1 Å². The first-order valence-corrected chi connectivity index (χ1v) is 10.1. The monoisotopic (exact) mass is 422 g/mol. The molecule has 0 radical (unpaired) electrons. The first-order chi connectivity index (χ1) is 14.6. The normalized spacial score (nSPS) is 15.0. The van der Waals surface area contributed by atoms with Crippen molar-refractivity contribution in [1.82, 2.24) is 29.9 Å². The molecule has 9 heteroatoms. The number of aromatic nitrogens is 5. The van der Waals surface area contributed by atoms with Crippen molar-refractivity contribution < 1.29 is 9.53 Å². The summed E-state index contributed by atoms with van der Waals surface area (Å²) < 4.78 is 6.88. The van der Waals surface area contributed by atoms with E-state index in [0.29, 0.717) is 35.8 Å². The molecule has 30 heavy (non-hydrogen) atoms. The summed E-state index contributed by atoms with van der Waals surface area (Å²) in [6, 6.07) is 9.28. The van der Waals surface area contributed by atoms with Gasteiger partial charge >= 0.3 is 0 Å². The van der Waals surface area contributed by atoms with Crippen LogP contribution in [0.2, 0.25) is 5.15 Å². The number of benzene rings is 1. The van der Waals surface area contributed by atoms with Crippen molar-refractivity contribution in [2.45, 2.75) is 25.8 Å². The Hall–Kier alpha value is -3.10. The molecule has 1 aromatic carbocycles. The number of nitrogens with one attached hydrogen (secondary N) is 1. The number of hydrogen-bond donors (Lipinski definition) is 1. The maximum absolute atomic E-state index is 12.9. The van der Waals surface area contributed by atoms with E-state index in [2.05, 4.69) is 20.4 Å². The van der Waals surface area contributed by atoms with Gasteiger partial charge in [0.1, 0.15) is 11.4 Å². The molecule has 0 aliphatic carbocycles. The van der Waals surface area contributed by atoms with Gasteiger partial charge in [-0.3, -0.25) is 4.79 Å². The summed E-state index contributed by atoms with van der Waals surface area (Å²) in [6.07, 6.45) is 3.29. The van der Waals surface area contributed by atoms with Crippen molar-refractivity contribution >= 4 is 34.2 Å². The van der Waals surface area contributed by atoms with Crippen molar-refractivity contribution in [3.63, 3.8) is 0 Å². The Kier molecular flexibility index (Phi) is 4.80. The molecule has 0 saturated carbocycles. The fourth-order valence-electron chi connectivity index (χ4n) is 3.66. The number of imidazole rings is 1. The molecule has 8 nitrogen and oxygen atoms in total. The SMILES string of the molecule is Cc1nc2ccccc2nc1-c1cn2nc(Cl)cc(C(=O)NC3CCOCC3)c2n1. The van der Waals surface area contributed by atoms with Gasteiger partial charge in [0.2, 0.25) is 0 Å². The second-order valence-corrected chi connectivity index (χ2v) is 7.67. The Balaban J connectivity index is 1.57. The molecule has 0 atom stereocenters. The number of ether oxygens (including phenoxy) is 1. The minimum absolute atomic E-state index is 0.0706. The number of rotatable bonds is 3. The van der Waals surface area contributed by atoms with E-state index in [0.717, 1.165) is 29.6 Å². The van der Waals surface area contributed by atoms with Crippen LogP contribution >= 0.6 is 11.6 Å². The van der Waals surface area contributed by atoms with Crippen molar-refractivity contribution in [3.05, 3.63) is 52.9 Å². The maximum Gasteiger partial charge on any atom is 0.255 e. The highest BCUT2D eigenvalue weighted by atomic mass is 35.5. The second kappa shape index (κ2) is 7.62. The third kappa shape index (κ3) is 3.48. The van der Waals surface area contributed by atoms with Gasteiger partial charge in [-0.2, -0.15) is 5.10 Å². The molecule has 4 aromatic rings. The predicted molar refractivity (Wildman–Crippen MR) is 113 cm³/mol. The van der Waals surface area contributed by atoms with Crippen LogP contribution in [-0.2, 0) is 4.74 Å². The molecular weight excluding hydrogens is 404 g/mol. The van der Waals surface area contributed by atoms with Crippen LogP contribution in [0.1, 0.15) is 28.9 Å². The van der Waals surface area contributed by atoms with E-state index in [1.807, 2.05) is 31.2 Å². The van der Waals surface area contributed by atoms with Crippen molar-refractivity contribution in [3.8, 4) is 11.4 Å². The van der Waals surface area contributed by atoms with E-state index in [1.165, 1.54) is 4.52 Å². The number of halogens is 1. The fraction of sp³-hybridized carbons (Fsp3) is 0.286. The van der Waals surface area contributed by atoms with Crippen LogP contribution < -0.4 is 5.32 Å². The number of fused-ring (bicyclic) bond motifs is 2. The number of nitrogens with zero attached hydrogens (tertiary/aromatic N) is 5. The van der Waals surface area contributed by atoms with Gasteiger partial charge in [0.05, 0.1) is 28.5 Å². The van der Waals surface area contributed by atoms with E-state index < -0.39 is 0 Å². The van der Waals surface area contributed by atoms with Crippen LogP contribution in [-0.4, -0.2) is 49.7 Å². The summed E-state index contributed by atoms with van der Waals surface area (Å²) in [5, 5.41) is 7.54. The van der Waals surface area contributed by atoms with Gasteiger partial charge in [0, 0.05) is 19.3 Å². The Labute approximate surface area is 177 Å². The van der Waals surface area contributed by atoms with Gasteiger partial charge in [-0.25, -0.2) is 19.5 Å². The zero-order valence-electron chi connectivity index (χ0n) is 16.3. The predicted octanol–water partition coefficient (Wildman–Crippen LogP) is 3.21. The average Bonchev–Trinajstić information content (AvgIpc) is 3.16. The summed E-state index contributed by atoms with van der Waals surface area (Å²) in [5.41, 5.74) is 4.37. The van der Waals surface area contributed by atoms with Gasteiger partial charge in [0.25, 0.3) is 5.91 Å². The first-order valence-electron chi connectivity index (χ1n) is 9.77. The summed E-state index contributed by atoms with van der Waals surface area (Å²) in [7, 11) is 0. The highest BCUT2D eigenvalue weighted by Crippen LogP contribution is 2.24. The Bertz CT molecular complexity index is 1270. The topological polar surface area (TPSA) is 94.3 Å². The van der Waals surface area contributed by atoms with Crippen LogP contribution in [0.4, 0.5) is 0 Å². The van der Waals surface area contributed by atoms with Gasteiger partial charge in [-0.15, -0.1) is 0 Å². The zero-order valence-corrected chi connectivity index (χ0v) is 17.1. The molecule has 1 aliphatic heterocycles. The highest BCUT2D eigenvalue weighted by Gasteiger charge is 2.22. The molecule has 1 fully saturated rings. The molecule has 1 saturated heterocycles. The molecule has 0 unspecified atom stereocenters. The smallest absolute Gasteiger partial charge is 0.255 e. The Morgan fingerprint density at radius 2 is 1.90 bits per heavy atom. The quantitative estimate of drug-likeness (QED) is 0.544. The molecule has 152 valence electrons.